The standard InChI is InChI=1S/C14H11Br3O2/c15-7-10-5-12(16)14(13(17)6-10)19-8-9-2-1-3-11(18)4-9/h1-6,18H,7-8H2. The summed E-state index contributed by atoms with van der Waals surface area (Å²) in [6, 6.07) is 11.1. The molecular formula is C14H11Br3O2. The van der Waals surface area contributed by atoms with E-state index in [9.17, 15) is 5.11 Å². The number of hydrogen-bond acceptors (Lipinski definition) is 2. The second kappa shape index (κ2) is 6.77. The second-order valence-electron chi connectivity index (χ2n) is 3.98. The fourth-order valence-electron chi connectivity index (χ4n) is 1.63. The normalized spacial score (nSPS) is 10.5. The zero-order valence-corrected chi connectivity index (χ0v) is 14.6. The van der Waals surface area contributed by atoms with Gasteiger partial charge in [0.1, 0.15) is 18.1 Å². The number of hydrogen-bond donors (Lipinski definition) is 1. The molecule has 2 aromatic carbocycles. The van der Waals surface area contributed by atoms with Crippen LogP contribution in [-0.2, 0) is 11.9 Å². The lowest BCUT2D eigenvalue weighted by molar-refractivity contribution is 0.301. The third kappa shape index (κ3) is 3.97. The quantitative estimate of drug-likeness (QED) is 0.633. The summed E-state index contributed by atoms with van der Waals surface area (Å²) in [5, 5.41) is 10.2. The van der Waals surface area contributed by atoms with E-state index in [2.05, 4.69) is 47.8 Å². The third-order valence-corrected chi connectivity index (χ3v) is 4.33. The van der Waals surface area contributed by atoms with E-state index in [0.29, 0.717) is 6.61 Å². The van der Waals surface area contributed by atoms with Crippen LogP contribution in [0, 0.1) is 0 Å². The second-order valence-corrected chi connectivity index (χ2v) is 6.25. The van der Waals surface area contributed by atoms with Gasteiger partial charge in [0.05, 0.1) is 8.95 Å². The van der Waals surface area contributed by atoms with Gasteiger partial charge in [-0.05, 0) is 67.3 Å². The van der Waals surface area contributed by atoms with Gasteiger partial charge in [0.15, 0.2) is 0 Å². The van der Waals surface area contributed by atoms with Gasteiger partial charge in [-0.3, -0.25) is 0 Å². The Kier molecular flexibility index (Phi) is 5.30. The Bertz CT molecular complexity index is 562. The number of phenolic OH excluding ortho intramolecular Hbond substituents is 1. The first kappa shape index (κ1) is 14.9. The lowest BCUT2D eigenvalue weighted by Crippen LogP contribution is -1.97. The predicted octanol–water partition coefficient (Wildman–Crippen LogP) is 5.39. The smallest absolute Gasteiger partial charge is 0.148 e. The Balaban J connectivity index is 2.16. The molecule has 0 aliphatic carbocycles. The number of halogens is 3. The Morgan fingerprint density at radius 1 is 1.00 bits per heavy atom. The lowest BCUT2D eigenvalue weighted by Gasteiger charge is -2.12. The molecule has 2 nitrogen and oxygen atoms in total. The molecule has 0 aliphatic heterocycles. The van der Waals surface area contributed by atoms with E-state index in [-0.39, 0.29) is 5.75 Å². The van der Waals surface area contributed by atoms with E-state index in [1.165, 1.54) is 0 Å². The third-order valence-electron chi connectivity index (χ3n) is 2.51. The summed E-state index contributed by atoms with van der Waals surface area (Å²) in [5.74, 6) is 1.00. The molecule has 2 rings (SSSR count). The Hall–Kier alpha value is -0.520. The van der Waals surface area contributed by atoms with Crippen LogP contribution < -0.4 is 4.74 Å². The molecular weight excluding hydrogens is 440 g/mol. The zero-order chi connectivity index (χ0) is 13.8. The van der Waals surface area contributed by atoms with Crippen molar-refractivity contribution in [2.24, 2.45) is 0 Å². The van der Waals surface area contributed by atoms with E-state index >= 15 is 0 Å². The number of ether oxygens (including phenoxy) is 1. The van der Waals surface area contributed by atoms with Gasteiger partial charge in [-0.2, -0.15) is 0 Å². The van der Waals surface area contributed by atoms with Gasteiger partial charge in [-0.15, -0.1) is 0 Å². The lowest BCUT2D eigenvalue weighted by atomic mass is 10.2. The minimum absolute atomic E-state index is 0.244. The van der Waals surface area contributed by atoms with E-state index in [1.54, 1.807) is 18.2 Å². The van der Waals surface area contributed by atoms with Crippen LogP contribution in [0.5, 0.6) is 11.5 Å². The largest absolute Gasteiger partial charge is 0.508 e. The van der Waals surface area contributed by atoms with Crippen molar-refractivity contribution in [1.29, 1.82) is 0 Å². The molecule has 5 heteroatoms. The van der Waals surface area contributed by atoms with Gasteiger partial charge >= 0.3 is 0 Å². The van der Waals surface area contributed by atoms with E-state index in [1.807, 2.05) is 18.2 Å². The summed E-state index contributed by atoms with van der Waals surface area (Å²) in [6.07, 6.45) is 0. The van der Waals surface area contributed by atoms with Crippen molar-refractivity contribution < 1.29 is 9.84 Å². The molecule has 0 spiro atoms. The van der Waals surface area contributed by atoms with Crippen molar-refractivity contribution in [1.82, 2.24) is 0 Å². The van der Waals surface area contributed by atoms with Crippen molar-refractivity contribution in [2.75, 3.05) is 0 Å². The van der Waals surface area contributed by atoms with Crippen LogP contribution in [0.25, 0.3) is 0 Å². The monoisotopic (exact) mass is 448 g/mol. The first-order valence-electron chi connectivity index (χ1n) is 5.54. The molecule has 0 bridgehead atoms. The fraction of sp³-hybridized carbons (Fsp3) is 0.143. The Labute approximate surface area is 137 Å². The van der Waals surface area contributed by atoms with Crippen LogP contribution >= 0.6 is 47.8 Å². The number of aromatic hydroxyl groups is 1. The number of rotatable bonds is 4. The first-order chi connectivity index (χ1) is 9.10. The predicted molar refractivity (Wildman–Crippen MR) is 86.9 cm³/mol. The van der Waals surface area contributed by atoms with Crippen molar-refractivity contribution in [3.05, 3.63) is 56.5 Å². The van der Waals surface area contributed by atoms with Gasteiger partial charge in [0.2, 0.25) is 0 Å². The van der Waals surface area contributed by atoms with Crippen LogP contribution in [0.4, 0.5) is 0 Å². The van der Waals surface area contributed by atoms with Gasteiger partial charge in [-0.25, -0.2) is 0 Å². The van der Waals surface area contributed by atoms with Crippen LogP contribution in [0.1, 0.15) is 11.1 Å². The maximum Gasteiger partial charge on any atom is 0.148 e. The van der Waals surface area contributed by atoms with E-state index in [0.717, 1.165) is 31.2 Å². The molecule has 0 saturated heterocycles. The summed E-state index contributed by atoms with van der Waals surface area (Å²) in [7, 11) is 0. The van der Waals surface area contributed by atoms with Crippen molar-refractivity contribution >= 4 is 47.8 Å². The molecule has 0 unspecified atom stereocenters. The van der Waals surface area contributed by atoms with Crippen LogP contribution in [-0.4, -0.2) is 5.11 Å². The highest BCUT2D eigenvalue weighted by Crippen LogP contribution is 2.35. The molecule has 0 amide bonds. The molecule has 1 N–H and O–H groups in total. The molecule has 0 heterocycles. The maximum atomic E-state index is 9.41. The minimum Gasteiger partial charge on any atom is -0.508 e. The highest BCUT2D eigenvalue weighted by atomic mass is 79.9. The summed E-state index contributed by atoms with van der Waals surface area (Å²) < 4.78 is 7.59. The van der Waals surface area contributed by atoms with Crippen molar-refractivity contribution in [3.8, 4) is 11.5 Å². The van der Waals surface area contributed by atoms with E-state index in [4.69, 9.17) is 4.74 Å². The van der Waals surface area contributed by atoms with Crippen molar-refractivity contribution in [2.45, 2.75) is 11.9 Å². The number of phenols is 1. The Morgan fingerprint density at radius 3 is 2.26 bits per heavy atom. The summed E-state index contributed by atoms with van der Waals surface area (Å²) in [5.41, 5.74) is 2.08. The van der Waals surface area contributed by atoms with Gasteiger partial charge in [0.25, 0.3) is 0 Å². The highest BCUT2D eigenvalue weighted by Gasteiger charge is 2.09. The molecule has 2 aromatic rings. The highest BCUT2D eigenvalue weighted by molar-refractivity contribution is 9.11. The van der Waals surface area contributed by atoms with Gasteiger partial charge in [-0.1, -0.05) is 28.1 Å². The molecule has 100 valence electrons. The number of benzene rings is 2. The average molecular weight is 451 g/mol. The number of alkyl halides is 1. The summed E-state index contributed by atoms with van der Waals surface area (Å²) in [4.78, 5) is 0. The maximum absolute atomic E-state index is 9.41. The van der Waals surface area contributed by atoms with Gasteiger partial charge < -0.3 is 9.84 Å². The van der Waals surface area contributed by atoms with E-state index < -0.39 is 0 Å². The molecule has 0 aliphatic rings. The molecule has 0 atom stereocenters. The summed E-state index contributed by atoms with van der Waals surface area (Å²) >= 11 is 10.4. The summed E-state index contributed by atoms with van der Waals surface area (Å²) in [6.45, 7) is 0.402. The van der Waals surface area contributed by atoms with Crippen LogP contribution in [0.3, 0.4) is 0 Å². The average Bonchev–Trinajstić information content (AvgIpc) is 2.37. The topological polar surface area (TPSA) is 29.5 Å². The van der Waals surface area contributed by atoms with Crippen LogP contribution in [0.2, 0.25) is 0 Å². The molecule has 0 fully saturated rings. The molecule has 0 radical (unpaired) electrons. The fourth-order valence-corrected chi connectivity index (χ4v) is 3.46. The SMILES string of the molecule is Oc1cccc(COc2c(Br)cc(CBr)cc2Br)c1. The zero-order valence-electron chi connectivity index (χ0n) is 9.87. The first-order valence-corrected chi connectivity index (χ1v) is 8.25. The molecule has 0 aromatic heterocycles. The molecule has 0 saturated carbocycles. The van der Waals surface area contributed by atoms with Gasteiger partial charge in [0, 0.05) is 5.33 Å². The minimum atomic E-state index is 0.244. The van der Waals surface area contributed by atoms with Crippen molar-refractivity contribution in [3.63, 3.8) is 0 Å². The Morgan fingerprint density at radius 2 is 1.68 bits per heavy atom. The molecule has 19 heavy (non-hydrogen) atoms. The van der Waals surface area contributed by atoms with Crippen LogP contribution in [0.15, 0.2) is 45.3 Å².